The minimum absolute atomic E-state index is 0.112. The van der Waals surface area contributed by atoms with E-state index in [-0.39, 0.29) is 37.5 Å². The monoisotopic (exact) mass is 979 g/mol. The predicted octanol–water partition coefficient (Wildman–Crippen LogP) is 19.2. The molecule has 0 heterocycles. The van der Waals surface area contributed by atoms with Crippen molar-refractivity contribution >= 4 is 17.9 Å². The summed E-state index contributed by atoms with van der Waals surface area (Å²) in [6.45, 7) is 6.29. The van der Waals surface area contributed by atoms with Crippen LogP contribution in [0.1, 0.15) is 226 Å². The van der Waals surface area contributed by atoms with E-state index in [1.807, 2.05) is 0 Å². The molecule has 0 aliphatic carbocycles. The molecule has 0 aromatic carbocycles. The Hall–Kier alpha value is -4.71. The van der Waals surface area contributed by atoms with Gasteiger partial charge in [0.2, 0.25) is 0 Å². The molecule has 1 atom stereocenters. The fraction of sp³-hybridized carbons (Fsp3) is 0.585. The van der Waals surface area contributed by atoms with Crippen LogP contribution in [0.4, 0.5) is 0 Å². The summed E-state index contributed by atoms with van der Waals surface area (Å²) < 4.78 is 16.8. The van der Waals surface area contributed by atoms with Gasteiger partial charge in [-0.2, -0.15) is 0 Å². The molecule has 0 aromatic rings. The van der Waals surface area contributed by atoms with Crippen LogP contribution < -0.4 is 0 Å². The largest absolute Gasteiger partial charge is 0.462 e. The number of rotatable bonds is 49. The maximum absolute atomic E-state index is 12.8. The maximum Gasteiger partial charge on any atom is 0.306 e. The summed E-state index contributed by atoms with van der Waals surface area (Å²) in [4.78, 5) is 38.1. The molecule has 0 fully saturated rings. The van der Waals surface area contributed by atoms with Gasteiger partial charge in [-0.05, 0) is 128 Å². The molecule has 0 aromatic heterocycles. The molecule has 0 spiro atoms. The fourth-order valence-corrected chi connectivity index (χ4v) is 7.11. The molecule has 6 nitrogen and oxygen atoms in total. The second kappa shape index (κ2) is 57.9. The number of esters is 3. The molecule has 398 valence electrons. The van der Waals surface area contributed by atoms with Crippen molar-refractivity contribution in [1.82, 2.24) is 0 Å². The highest BCUT2D eigenvalue weighted by Crippen LogP contribution is 2.13. The highest BCUT2D eigenvalue weighted by atomic mass is 16.6. The van der Waals surface area contributed by atoms with Crippen molar-refractivity contribution in [1.29, 1.82) is 0 Å². The van der Waals surface area contributed by atoms with Crippen molar-refractivity contribution in [3.05, 3.63) is 146 Å². The number of ether oxygens (including phenoxy) is 3. The highest BCUT2D eigenvalue weighted by molar-refractivity contribution is 5.71. The lowest BCUT2D eigenvalue weighted by atomic mass is 10.1. The second-order valence-corrected chi connectivity index (χ2v) is 18.1. The molecule has 0 rings (SSSR count). The SMILES string of the molecule is CC/C=C\C/C=C\C/C=C\C/C=C\C/C=C\C/C=C\C/C=C\CCCC(=O)OCC(COC(=O)CCCCCCC/C=C\CCCC)OC(=O)CCCCCCCC/C=C\C/C=C\C/C=C\C/C=C\CC. The molecule has 0 aliphatic heterocycles. The van der Waals surface area contributed by atoms with E-state index in [9.17, 15) is 14.4 Å². The number of carbonyl (C=O) groups excluding carboxylic acids is 3. The van der Waals surface area contributed by atoms with Gasteiger partial charge >= 0.3 is 17.9 Å². The van der Waals surface area contributed by atoms with Gasteiger partial charge in [-0.1, -0.05) is 224 Å². The third kappa shape index (κ3) is 56.1. The third-order valence-electron chi connectivity index (χ3n) is 11.3. The van der Waals surface area contributed by atoms with Crippen molar-refractivity contribution in [3.8, 4) is 0 Å². The van der Waals surface area contributed by atoms with E-state index < -0.39 is 6.10 Å². The zero-order valence-electron chi connectivity index (χ0n) is 45.4. The molecular weight excluding hydrogens is 877 g/mol. The molecule has 0 saturated heterocycles. The Morgan fingerprint density at radius 3 is 0.930 bits per heavy atom. The summed E-state index contributed by atoms with van der Waals surface area (Å²) in [6, 6.07) is 0. The van der Waals surface area contributed by atoms with Gasteiger partial charge in [0.15, 0.2) is 6.10 Å². The van der Waals surface area contributed by atoms with Crippen molar-refractivity contribution in [2.45, 2.75) is 232 Å². The van der Waals surface area contributed by atoms with Crippen molar-refractivity contribution < 1.29 is 28.6 Å². The predicted molar refractivity (Wildman–Crippen MR) is 306 cm³/mol. The number of allylic oxidation sites excluding steroid dienone is 24. The van der Waals surface area contributed by atoms with Gasteiger partial charge in [0, 0.05) is 19.3 Å². The van der Waals surface area contributed by atoms with E-state index >= 15 is 0 Å². The average Bonchev–Trinajstić information content (AvgIpc) is 3.37. The summed E-state index contributed by atoms with van der Waals surface area (Å²) in [7, 11) is 0. The van der Waals surface area contributed by atoms with Crippen LogP contribution in [0.2, 0.25) is 0 Å². The lowest BCUT2D eigenvalue weighted by Gasteiger charge is -2.18. The first kappa shape index (κ1) is 66.3. The van der Waals surface area contributed by atoms with Crippen LogP contribution in [0.25, 0.3) is 0 Å². The topological polar surface area (TPSA) is 78.9 Å². The molecular formula is C65H102O6. The minimum Gasteiger partial charge on any atom is -0.462 e. The zero-order valence-corrected chi connectivity index (χ0v) is 45.4. The van der Waals surface area contributed by atoms with Gasteiger partial charge in [-0.25, -0.2) is 0 Å². The average molecular weight is 980 g/mol. The molecule has 71 heavy (non-hydrogen) atoms. The van der Waals surface area contributed by atoms with Gasteiger partial charge < -0.3 is 14.2 Å². The number of carbonyl (C=O) groups is 3. The standard InChI is InChI=1S/C65H102O6/c1-4-7-10-13-16-19-22-24-26-28-30-31-32-33-35-36-38-40-43-46-49-52-55-58-64(67)70-61-62(60-69-63(66)57-54-51-48-45-42-21-18-15-12-9-6-3)71-65(68)59-56-53-50-47-44-41-39-37-34-29-27-25-23-20-17-14-11-8-5-2/h7-8,10-11,15-20,24-27,30-31,33-35,37-38,40,46,49,62H,4-6,9,12-14,21-23,28-29,32,36,39,41-45,47-48,50-61H2,1-3H3/b10-7-,11-8-,18-15-,19-16-,20-17-,26-24-,27-25-,31-30-,35-33-,37-34-,40-38-,49-46-. The zero-order chi connectivity index (χ0) is 51.4. The Morgan fingerprint density at radius 1 is 0.296 bits per heavy atom. The smallest absolute Gasteiger partial charge is 0.306 e. The van der Waals surface area contributed by atoms with Crippen LogP contribution in [0.3, 0.4) is 0 Å². The normalized spacial score (nSPS) is 13.2. The quantitative estimate of drug-likeness (QED) is 0.0262. The Bertz CT molecular complexity index is 1590. The molecule has 1 unspecified atom stereocenters. The molecule has 0 N–H and O–H groups in total. The number of hydrogen-bond donors (Lipinski definition) is 0. The number of hydrogen-bond acceptors (Lipinski definition) is 6. The summed E-state index contributed by atoms with van der Waals surface area (Å²) in [5, 5.41) is 0. The fourth-order valence-electron chi connectivity index (χ4n) is 7.11. The molecule has 0 radical (unpaired) electrons. The van der Waals surface area contributed by atoms with Gasteiger partial charge in [0.25, 0.3) is 0 Å². The van der Waals surface area contributed by atoms with Gasteiger partial charge in [-0.3, -0.25) is 14.4 Å². The van der Waals surface area contributed by atoms with Crippen LogP contribution in [0.15, 0.2) is 146 Å². The summed E-state index contributed by atoms with van der Waals surface area (Å²) in [5.74, 6) is -1.01. The van der Waals surface area contributed by atoms with Crippen LogP contribution in [0.5, 0.6) is 0 Å². The maximum atomic E-state index is 12.8. The first-order chi connectivity index (χ1) is 35.0. The van der Waals surface area contributed by atoms with Crippen LogP contribution in [-0.2, 0) is 28.6 Å². The first-order valence-electron chi connectivity index (χ1n) is 28.3. The minimum atomic E-state index is -0.819. The van der Waals surface area contributed by atoms with Crippen molar-refractivity contribution in [2.75, 3.05) is 13.2 Å². The second-order valence-electron chi connectivity index (χ2n) is 18.1. The van der Waals surface area contributed by atoms with E-state index in [1.54, 1.807) is 0 Å². The summed E-state index contributed by atoms with van der Waals surface area (Å²) in [6.07, 6.45) is 82.7. The Labute approximate surface area is 436 Å². The number of unbranched alkanes of at least 4 members (excludes halogenated alkanes) is 14. The Balaban J connectivity index is 4.50. The first-order valence-corrected chi connectivity index (χ1v) is 28.3. The van der Waals surface area contributed by atoms with E-state index in [2.05, 4.69) is 167 Å². The summed E-state index contributed by atoms with van der Waals surface area (Å²) >= 11 is 0. The lowest BCUT2D eigenvalue weighted by Crippen LogP contribution is -2.30. The van der Waals surface area contributed by atoms with Crippen LogP contribution >= 0.6 is 0 Å². The van der Waals surface area contributed by atoms with Gasteiger partial charge in [-0.15, -0.1) is 0 Å². The molecule has 0 bridgehead atoms. The van der Waals surface area contributed by atoms with E-state index in [0.29, 0.717) is 19.3 Å². The van der Waals surface area contributed by atoms with Crippen LogP contribution in [-0.4, -0.2) is 37.2 Å². The lowest BCUT2D eigenvalue weighted by molar-refractivity contribution is -0.167. The highest BCUT2D eigenvalue weighted by Gasteiger charge is 2.19. The van der Waals surface area contributed by atoms with E-state index in [0.717, 1.165) is 141 Å². The summed E-state index contributed by atoms with van der Waals surface area (Å²) in [5.41, 5.74) is 0. The molecule has 0 saturated carbocycles. The molecule has 6 heteroatoms. The van der Waals surface area contributed by atoms with E-state index in [4.69, 9.17) is 14.2 Å². The Kier molecular flexibility index (Phi) is 54.0. The van der Waals surface area contributed by atoms with Gasteiger partial charge in [0.1, 0.15) is 13.2 Å². The Morgan fingerprint density at radius 2 is 0.563 bits per heavy atom. The third-order valence-corrected chi connectivity index (χ3v) is 11.3. The van der Waals surface area contributed by atoms with Crippen molar-refractivity contribution in [3.63, 3.8) is 0 Å². The molecule has 0 amide bonds. The van der Waals surface area contributed by atoms with E-state index in [1.165, 1.54) is 38.5 Å². The van der Waals surface area contributed by atoms with Crippen LogP contribution in [0, 0.1) is 0 Å². The molecule has 0 aliphatic rings. The van der Waals surface area contributed by atoms with Gasteiger partial charge in [0.05, 0.1) is 0 Å². The van der Waals surface area contributed by atoms with Crippen molar-refractivity contribution in [2.24, 2.45) is 0 Å².